The molecule has 24 heavy (non-hydrogen) atoms. The number of hydrogen-bond acceptors (Lipinski definition) is 3. The number of carbonyl (C=O) groups excluding carboxylic acids is 1. The van der Waals surface area contributed by atoms with Gasteiger partial charge in [-0.25, -0.2) is 4.79 Å². The number of aromatic amines is 1. The van der Waals surface area contributed by atoms with Gasteiger partial charge in [0.2, 0.25) is 0 Å². The highest BCUT2D eigenvalue weighted by Gasteiger charge is 2.30. The Kier molecular flexibility index (Phi) is 5.76. The third-order valence-electron chi connectivity index (χ3n) is 5.30. The normalized spacial score (nSPS) is 24.8. The number of amides is 2. The lowest BCUT2D eigenvalue weighted by molar-refractivity contribution is 0.103. The molecule has 6 heteroatoms. The number of H-pyrrole nitrogens is 1. The monoisotopic (exact) mass is 334 g/mol. The molecule has 0 spiro atoms. The first-order valence-corrected chi connectivity index (χ1v) is 9.34. The maximum atomic E-state index is 12.8. The predicted octanol–water partition coefficient (Wildman–Crippen LogP) is 3.22. The van der Waals surface area contributed by atoms with Gasteiger partial charge in [0.1, 0.15) is 0 Å². The molecule has 0 aliphatic carbocycles. The molecule has 0 radical (unpaired) electrons. The topological polar surface area (TPSA) is 70.2 Å². The Morgan fingerprint density at radius 3 is 2.88 bits per heavy atom. The molecule has 2 saturated heterocycles. The maximum Gasteiger partial charge on any atom is 0.317 e. The van der Waals surface area contributed by atoms with E-state index in [0.29, 0.717) is 12.6 Å². The molecule has 2 atom stereocenters. The average molecular weight is 334 g/mol. The predicted molar refractivity (Wildman–Crippen MR) is 93.0 cm³/mol. The smallest absolute Gasteiger partial charge is 0.317 e. The standard InChI is InChI=1S/C18H30N4O2/c1-13-17(14(2)21-20-13)16-8-4-3-5-11-22(16)18(23)19-10-9-15-7-6-12-24-15/h15-16H,3-12H2,1-2H3,(H,19,23)(H,20,21)/t15-,16+/m1/s1. The van der Waals surface area contributed by atoms with Gasteiger partial charge in [0.15, 0.2) is 0 Å². The first kappa shape index (κ1) is 17.3. The molecule has 2 amide bonds. The molecule has 2 fully saturated rings. The molecule has 2 aliphatic rings. The van der Waals surface area contributed by atoms with Gasteiger partial charge in [-0.05, 0) is 46.0 Å². The van der Waals surface area contributed by atoms with Crippen LogP contribution in [0, 0.1) is 13.8 Å². The minimum absolute atomic E-state index is 0.0555. The Bertz CT molecular complexity index is 532. The van der Waals surface area contributed by atoms with Crippen LogP contribution in [-0.4, -0.2) is 46.9 Å². The molecule has 3 rings (SSSR count). The number of likely N-dealkylation sites (tertiary alicyclic amines) is 1. The fourth-order valence-corrected chi connectivity index (χ4v) is 4.02. The summed E-state index contributed by atoms with van der Waals surface area (Å²) in [5.41, 5.74) is 3.29. The molecule has 134 valence electrons. The van der Waals surface area contributed by atoms with Gasteiger partial charge >= 0.3 is 6.03 Å². The van der Waals surface area contributed by atoms with E-state index in [4.69, 9.17) is 4.74 Å². The van der Waals surface area contributed by atoms with Crippen LogP contribution in [0.5, 0.6) is 0 Å². The van der Waals surface area contributed by atoms with Crippen LogP contribution >= 0.6 is 0 Å². The summed E-state index contributed by atoms with van der Waals surface area (Å²) in [6, 6.07) is 0.189. The van der Waals surface area contributed by atoms with Gasteiger partial charge in [-0.3, -0.25) is 5.10 Å². The Balaban J connectivity index is 1.64. The first-order chi connectivity index (χ1) is 11.7. The second-order valence-electron chi connectivity index (χ2n) is 7.06. The van der Waals surface area contributed by atoms with Crippen molar-refractivity contribution in [2.75, 3.05) is 19.7 Å². The van der Waals surface area contributed by atoms with E-state index >= 15 is 0 Å². The molecular formula is C18H30N4O2. The number of ether oxygens (including phenoxy) is 1. The van der Waals surface area contributed by atoms with Crippen LogP contribution in [0.25, 0.3) is 0 Å². The summed E-state index contributed by atoms with van der Waals surface area (Å²) in [6.45, 7) is 6.45. The third kappa shape index (κ3) is 3.91. The lowest BCUT2D eigenvalue weighted by Crippen LogP contribution is -2.43. The van der Waals surface area contributed by atoms with Crippen molar-refractivity contribution in [2.24, 2.45) is 0 Å². The zero-order valence-corrected chi connectivity index (χ0v) is 14.9. The highest BCUT2D eigenvalue weighted by molar-refractivity contribution is 5.75. The van der Waals surface area contributed by atoms with Crippen molar-refractivity contribution in [3.63, 3.8) is 0 Å². The summed E-state index contributed by atoms with van der Waals surface area (Å²) in [7, 11) is 0. The minimum atomic E-state index is 0.0555. The molecule has 1 aromatic rings. The van der Waals surface area contributed by atoms with Gasteiger partial charge in [0.25, 0.3) is 0 Å². The molecule has 2 aliphatic heterocycles. The Morgan fingerprint density at radius 2 is 2.17 bits per heavy atom. The Labute approximate surface area is 144 Å². The zero-order valence-electron chi connectivity index (χ0n) is 14.9. The van der Waals surface area contributed by atoms with E-state index in [0.717, 1.165) is 63.1 Å². The maximum absolute atomic E-state index is 12.8. The highest BCUT2D eigenvalue weighted by Crippen LogP contribution is 2.33. The van der Waals surface area contributed by atoms with Gasteiger partial charge < -0.3 is 15.0 Å². The third-order valence-corrected chi connectivity index (χ3v) is 5.30. The van der Waals surface area contributed by atoms with Gasteiger partial charge in [0, 0.05) is 31.0 Å². The van der Waals surface area contributed by atoms with Crippen molar-refractivity contribution < 1.29 is 9.53 Å². The van der Waals surface area contributed by atoms with Crippen LogP contribution in [-0.2, 0) is 4.74 Å². The molecule has 0 saturated carbocycles. The summed E-state index contributed by atoms with van der Waals surface area (Å²) in [6.07, 6.45) is 7.94. The summed E-state index contributed by atoms with van der Waals surface area (Å²) < 4.78 is 5.63. The highest BCUT2D eigenvalue weighted by atomic mass is 16.5. The van der Waals surface area contributed by atoms with Crippen LogP contribution in [0.15, 0.2) is 0 Å². The zero-order chi connectivity index (χ0) is 16.9. The minimum Gasteiger partial charge on any atom is -0.378 e. The summed E-state index contributed by atoms with van der Waals surface area (Å²) >= 11 is 0. The molecule has 3 heterocycles. The second-order valence-corrected chi connectivity index (χ2v) is 7.06. The van der Waals surface area contributed by atoms with Crippen LogP contribution in [0.3, 0.4) is 0 Å². The van der Waals surface area contributed by atoms with E-state index < -0.39 is 0 Å². The largest absolute Gasteiger partial charge is 0.378 e. The molecule has 0 aromatic carbocycles. The van der Waals surface area contributed by atoms with Crippen LogP contribution in [0.4, 0.5) is 4.79 Å². The van der Waals surface area contributed by atoms with E-state index in [2.05, 4.69) is 15.5 Å². The van der Waals surface area contributed by atoms with E-state index in [1.165, 1.54) is 12.0 Å². The number of aromatic nitrogens is 2. The number of urea groups is 1. The molecule has 0 unspecified atom stereocenters. The van der Waals surface area contributed by atoms with Crippen LogP contribution in [0.2, 0.25) is 0 Å². The lowest BCUT2D eigenvalue weighted by atomic mass is 9.99. The molecular weight excluding hydrogens is 304 g/mol. The van der Waals surface area contributed by atoms with Crippen molar-refractivity contribution in [2.45, 2.75) is 70.9 Å². The van der Waals surface area contributed by atoms with E-state index in [1.54, 1.807) is 0 Å². The van der Waals surface area contributed by atoms with E-state index in [1.807, 2.05) is 18.7 Å². The summed E-state index contributed by atoms with van der Waals surface area (Å²) in [5.74, 6) is 0. The number of nitrogens with one attached hydrogen (secondary N) is 2. The van der Waals surface area contributed by atoms with Crippen molar-refractivity contribution in [1.29, 1.82) is 0 Å². The number of carbonyl (C=O) groups is 1. The fourth-order valence-electron chi connectivity index (χ4n) is 4.02. The van der Waals surface area contributed by atoms with Crippen molar-refractivity contribution >= 4 is 6.03 Å². The van der Waals surface area contributed by atoms with Crippen molar-refractivity contribution in [3.8, 4) is 0 Å². The van der Waals surface area contributed by atoms with Gasteiger partial charge in [-0.2, -0.15) is 5.10 Å². The van der Waals surface area contributed by atoms with Crippen molar-refractivity contribution in [1.82, 2.24) is 20.4 Å². The summed E-state index contributed by atoms with van der Waals surface area (Å²) in [5, 5.41) is 10.5. The van der Waals surface area contributed by atoms with Gasteiger partial charge in [-0.1, -0.05) is 12.8 Å². The Morgan fingerprint density at radius 1 is 1.29 bits per heavy atom. The molecule has 1 aromatic heterocycles. The van der Waals surface area contributed by atoms with E-state index in [-0.39, 0.29) is 12.1 Å². The van der Waals surface area contributed by atoms with Crippen LogP contribution < -0.4 is 5.32 Å². The first-order valence-electron chi connectivity index (χ1n) is 9.34. The van der Waals surface area contributed by atoms with Crippen LogP contribution in [0.1, 0.15) is 67.9 Å². The van der Waals surface area contributed by atoms with E-state index in [9.17, 15) is 4.79 Å². The van der Waals surface area contributed by atoms with Crippen molar-refractivity contribution in [3.05, 3.63) is 17.0 Å². The Hall–Kier alpha value is -1.56. The quantitative estimate of drug-likeness (QED) is 0.888. The van der Waals surface area contributed by atoms with Gasteiger partial charge in [0.05, 0.1) is 17.8 Å². The average Bonchev–Trinajstić information content (AvgIpc) is 3.11. The lowest BCUT2D eigenvalue weighted by Gasteiger charge is -2.31. The number of aryl methyl sites for hydroxylation is 2. The number of hydrogen-bond donors (Lipinski definition) is 2. The number of rotatable bonds is 4. The van der Waals surface area contributed by atoms with Gasteiger partial charge in [-0.15, -0.1) is 0 Å². The number of nitrogens with zero attached hydrogens (tertiary/aromatic N) is 2. The molecule has 6 nitrogen and oxygen atoms in total. The fraction of sp³-hybridized carbons (Fsp3) is 0.778. The molecule has 2 N–H and O–H groups in total. The summed E-state index contributed by atoms with van der Waals surface area (Å²) in [4.78, 5) is 14.8. The molecule has 0 bridgehead atoms. The SMILES string of the molecule is Cc1n[nH]c(C)c1[C@@H]1CCCCCN1C(=O)NCC[C@H]1CCCO1. The second kappa shape index (κ2) is 8.01.